The third-order valence-electron chi connectivity index (χ3n) is 5.76. The molecule has 0 N–H and O–H groups in total. The minimum atomic E-state index is -0.0836. The lowest BCUT2D eigenvalue weighted by Crippen LogP contribution is -2.37. The smallest absolute Gasteiger partial charge is 0.161 e. The van der Waals surface area contributed by atoms with E-state index in [-0.39, 0.29) is 11.8 Å². The van der Waals surface area contributed by atoms with E-state index in [0.29, 0.717) is 12.2 Å². The van der Waals surface area contributed by atoms with Crippen molar-refractivity contribution in [2.75, 3.05) is 25.7 Å². The number of aryl methyl sites for hydroxylation is 2. The van der Waals surface area contributed by atoms with Crippen LogP contribution in [-0.2, 0) is 11.2 Å². The highest BCUT2D eigenvalue weighted by Gasteiger charge is 2.35. The number of methoxy groups -OCH3 is 2. The highest BCUT2D eigenvalue weighted by molar-refractivity contribution is 5.99. The maximum atomic E-state index is 12.7. The number of benzene rings is 2. The first-order chi connectivity index (χ1) is 13.5. The average molecular weight is 377 g/mol. The summed E-state index contributed by atoms with van der Waals surface area (Å²) in [6, 6.07) is 10.7. The number of fused-ring (bicyclic) bond motifs is 1. The summed E-state index contributed by atoms with van der Waals surface area (Å²) < 4.78 is 11.1. The van der Waals surface area contributed by atoms with Crippen molar-refractivity contribution in [2.45, 2.75) is 39.2 Å². The molecule has 2 aliphatic rings. The van der Waals surface area contributed by atoms with Crippen LogP contribution in [0.15, 0.2) is 42.0 Å². The van der Waals surface area contributed by atoms with Gasteiger partial charge < -0.3 is 14.4 Å². The van der Waals surface area contributed by atoms with Crippen molar-refractivity contribution in [3.63, 3.8) is 0 Å². The summed E-state index contributed by atoms with van der Waals surface area (Å²) >= 11 is 0. The molecular weight excluding hydrogens is 350 g/mol. The molecule has 1 aliphatic heterocycles. The van der Waals surface area contributed by atoms with Gasteiger partial charge in [0.15, 0.2) is 17.3 Å². The molecule has 146 valence electrons. The first-order valence-corrected chi connectivity index (χ1v) is 9.85. The summed E-state index contributed by atoms with van der Waals surface area (Å²) in [7, 11) is 3.32. The molecule has 4 heteroatoms. The Morgan fingerprint density at radius 3 is 2.21 bits per heavy atom. The van der Waals surface area contributed by atoms with Gasteiger partial charge in [-0.15, -0.1) is 0 Å². The van der Waals surface area contributed by atoms with Gasteiger partial charge in [-0.25, -0.2) is 0 Å². The standard InChI is InChI=1S/C24H27NO3/c1-15-10-16(2)12-18(11-15)25-9-8-17-13-22(27-3)23(28-4)14-20(17)24(25)19-6-5-7-21(19)26/h6,10-14,24H,5,7-9H2,1-4H3/t24-/m1/s1. The molecule has 1 aliphatic carbocycles. The zero-order valence-corrected chi connectivity index (χ0v) is 17.0. The number of hydrogen-bond acceptors (Lipinski definition) is 4. The summed E-state index contributed by atoms with van der Waals surface area (Å²) in [5, 5.41) is 0. The van der Waals surface area contributed by atoms with Gasteiger partial charge in [0.25, 0.3) is 0 Å². The lowest BCUT2D eigenvalue weighted by Gasteiger charge is -2.40. The number of ketones is 1. The predicted molar refractivity (Wildman–Crippen MR) is 112 cm³/mol. The fourth-order valence-corrected chi connectivity index (χ4v) is 4.56. The van der Waals surface area contributed by atoms with E-state index in [9.17, 15) is 4.79 Å². The molecule has 1 atom stereocenters. The van der Waals surface area contributed by atoms with E-state index in [1.54, 1.807) is 14.2 Å². The van der Waals surface area contributed by atoms with Crippen molar-refractivity contribution in [2.24, 2.45) is 0 Å². The Hall–Kier alpha value is -2.75. The summed E-state index contributed by atoms with van der Waals surface area (Å²) in [4.78, 5) is 15.1. The highest BCUT2D eigenvalue weighted by Crippen LogP contribution is 2.44. The van der Waals surface area contributed by atoms with E-state index in [4.69, 9.17) is 9.47 Å². The number of hydrogen-bond donors (Lipinski definition) is 0. The minimum Gasteiger partial charge on any atom is -0.493 e. The Kier molecular flexibility index (Phi) is 4.88. The molecule has 28 heavy (non-hydrogen) atoms. The molecule has 0 bridgehead atoms. The molecule has 2 aromatic rings. The van der Waals surface area contributed by atoms with Gasteiger partial charge in [0.1, 0.15) is 0 Å². The van der Waals surface area contributed by atoms with Crippen LogP contribution >= 0.6 is 0 Å². The molecule has 0 unspecified atom stereocenters. The Balaban J connectivity index is 1.88. The molecule has 0 saturated carbocycles. The SMILES string of the molecule is COc1cc2c(cc1OC)[C@@H](C1=CCCC1=O)N(c1cc(C)cc(C)c1)CC2. The fraction of sp³-hybridized carbons (Fsp3) is 0.375. The maximum Gasteiger partial charge on any atom is 0.161 e. The lowest BCUT2D eigenvalue weighted by molar-refractivity contribution is -0.115. The zero-order valence-electron chi connectivity index (χ0n) is 17.0. The van der Waals surface area contributed by atoms with Crippen molar-refractivity contribution in [3.8, 4) is 11.5 Å². The second kappa shape index (κ2) is 7.34. The Bertz CT molecular complexity index is 940. The van der Waals surface area contributed by atoms with Gasteiger partial charge in [0.2, 0.25) is 0 Å². The van der Waals surface area contributed by atoms with Gasteiger partial charge in [-0.2, -0.15) is 0 Å². The van der Waals surface area contributed by atoms with E-state index < -0.39 is 0 Å². The third-order valence-corrected chi connectivity index (χ3v) is 5.76. The van der Waals surface area contributed by atoms with E-state index >= 15 is 0 Å². The summed E-state index contributed by atoms with van der Waals surface area (Å²) in [5.41, 5.74) is 6.92. The molecule has 4 nitrogen and oxygen atoms in total. The Morgan fingerprint density at radius 2 is 1.61 bits per heavy atom. The van der Waals surface area contributed by atoms with Crippen molar-refractivity contribution >= 4 is 11.5 Å². The van der Waals surface area contributed by atoms with Crippen LogP contribution in [0.3, 0.4) is 0 Å². The molecule has 0 fully saturated rings. The van der Waals surface area contributed by atoms with Crippen LogP contribution in [-0.4, -0.2) is 26.5 Å². The highest BCUT2D eigenvalue weighted by atomic mass is 16.5. The molecule has 0 saturated heterocycles. The number of carbonyl (C=O) groups excluding carboxylic acids is 1. The number of ether oxygens (including phenoxy) is 2. The van der Waals surface area contributed by atoms with Gasteiger partial charge in [0, 0.05) is 24.2 Å². The second-order valence-electron chi connectivity index (χ2n) is 7.72. The normalized spacial score (nSPS) is 18.7. The third kappa shape index (κ3) is 3.17. The maximum absolute atomic E-state index is 12.7. The van der Waals surface area contributed by atoms with Crippen molar-refractivity contribution in [1.82, 2.24) is 0 Å². The number of nitrogens with zero attached hydrogens (tertiary/aromatic N) is 1. The quantitative estimate of drug-likeness (QED) is 0.773. The zero-order chi connectivity index (χ0) is 19.8. The number of allylic oxidation sites excluding steroid dienone is 1. The van der Waals surface area contributed by atoms with Gasteiger partial charge >= 0.3 is 0 Å². The monoisotopic (exact) mass is 377 g/mol. The molecule has 0 spiro atoms. The van der Waals surface area contributed by atoms with E-state index in [0.717, 1.165) is 36.3 Å². The van der Waals surface area contributed by atoms with Crippen LogP contribution in [0.25, 0.3) is 0 Å². The van der Waals surface area contributed by atoms with E-state index in [2.05, 4.69) is 55.2 Å². The first kappa shape index (κ1) is 18.6. The van der Waals surface area contributed by atoms with Gasteiger partial charge in [-0.05, 0) is 73.2 Å². The Morgan fingerprint density at radius 1 is 0.929 bits per heavy atom. The van der Waals surface area contributed by atoms with Crippen LogP contribution < -0.4 is 14.4 Å². The van der Waals surface area contributed by atoms with Crippen LogP contribution in [0, 0.1) is 13.8 Å². The van der Waals surface area contributed by atoms with Crippen molar-refractivity contribution in [1.29, 1.82) is 0 Å². The average Bonchev–Trinajstić information content (AvgIpc) is 3.10. The minimum absolute atomic E-state index is 0.0836. The largest absolute Gasteiger partial charge is 0.493 e. The first-order valence-electron chi connectivity index (χ1n) is 9.85. The number of anilines is 1. The van der Waals surface area contributed by atoms with Gasteiger partial charge in [-0.1, -0.05) is 12.1 Å². The summed E-state index contributed by atoms with van der Waals surface area (Å²) in [6.07, 6.45) is 4.46. The number of rotatable bonds is 4. The van der Waals surface area contributed by atoms with Gasteiger partial charge in [-0.3, -0.25) is 4.79 Å². The number of Topliss-reactive ketones (excluding diaryl/α,β-unsaturated/α-hetero) is 1. The molecule has 0 radical (unpaired) electrons. The van der Waals surface area contributed by atoms with Crippen molar-refractivity contribution in [3.05, 3.63) is 64.2 Å². The van der Waals surface area contributed by atoms with Crippen LogP contribution in [0.5, 0.6) is 11.5 Å². The molecular formula is C24H27NO3. The summed E-state index contributed by atoms with van der Waals surface area (Å²) in [6.45, 7) is 5.11. The predicted octanol–water partition coefficient (Wildman–Crippen LogP) is 4.71. The Labute approximate surface area is 166 Å². The number of carbonyl (C=O) groups is 1. The topological polar surface area (TPSA) is 38.8 Å². The lowest BCUT2D eigenvalue weighted by atomic mass is 9.86. The van der Waals surface area contributed by atoms with Crippen LogP contribution in [0.1, 0.15) is 41.1 Å². The van der Waals surface area contributed by atoms with E-state index in [1.165, 1.54) is 22.4 Å². The van der Waals surface area contributed by atoms with Crippen LogP contribution in [0.4, 0.5) is 5.69 Å². The van der Waals surface area contributed by atoms with Crippen molar-refractivity contribution < 1.29 is 14.3 Å². The molecule has 1 heterocycles. The summed E-state index contributed by atoms with van der Waals surface area (Å²) in [5.74, 6) is 1.70. The molecule has 0 aromatic heterocycles. The molecule has 0 amide bonds. The molecule has 2 aromatic carbocycles. The van der Waals surface area contributed by atoms with Crippen LogP contribution in [0.2, 0.25) is 0 Å². The second-order valence-corrected chi connectivity index (χ2v) is 7.72. The fourth-order valence-electron chi connectivity index (χ4n) is 4.56. The van der Waals surface area contributed by atoms with Gasteiger partial charge in [0.05, 0.1) is 20.3 Å². The molecule has 4 rings (SSSR count). The van der Waals surface area contributed by atoms with E-state index in [1.807, 2.05) is 0 Å².